The molecule has 8 nitrogen and oxygen atoms in total. The van der Waals surface area contributed by atoms with Crippen LogP contribution in [0, 0.1) is 5.92 Å². The van der Waals surface area contributed by atoms with Crippen LogP contribution in [0.3, 0.4) is 0 Å². The fraction of sp³-hybridized carbons (Fsp3) is 0.500. The zero-order valence-electron chi connectivity index (χ0n) is 20.6. The number of rotatable bonds is 6. The van der Waals surface area contributed by atoms with Gasteiger partial charge in [-0.2, -0.15) is 17.5 Å². The zero-order chi connectivity index (χ0) is 27.7. The number of alkyl halides is 3. The van der Waals surface area contributed by atoms with E-state index in [2.05, 4.69) is 10.3 Å². The quantitative estimate of drug-likeness (QED) is 0.528. The number of pyridine rings is 1. The van der Waals surface area contributed by atoms with Gasteiger partial charge in [0, 0.05) is 57.9 Å². The SMILES string of the molecule is CS(=O)(=O)N1CCN(C(=O)N2C[C@@H](CCNc3ccc(C(F)(F)F)cn3)[C@@H](c3ccc(Cl)c(Cl)c3)C2)CC1. The minimum absolute atomic E-state index is 0.0339. The normalized spacial score (nSPS) is 21.1. The standard InChI is InChI=1S/C24H28Cl2F3N5O3S/c1-38(36,37)34-10-8-32(9-11-34)23(35)33-14-17(19(15-33)16-2-4-20(25)21(26)12-16)6-7-30-22-5-3-18(13-31-22)24(27,28)29/h2-5,12-13,17,19H,6-11,14-15H2,1H3,(H,30,31)/t17-,19-/m1/s1. The molecule has 0 bridgehead atoms. The van der Waals surface area contributed by atoms with Crippen LogP contribution in [0.15, 0.2) is 36.5 Å². The lowest BCUT2D eigenvalue weighted by Crippen LogP contribution is -2.53. The van der Waals surface area contributed by atoms with Gasteiger partial charge in [-0.05, 0) is 42.2 Å². The number of benzene rings is 1. The second-order valence-electron chi connectivity index (χ2n) is 9.52. The van der Waals surface area contributed by atoms with Gasteiger partial charge in [-0.15, -0.1) is 0 Å². The van der Waals surface area contributed by atoms with Crippen molar-refractivity contribution in [2.45, 2.75) is 18.5 Å². The second-order valence-corrected chi connectivity index (χ2v) is 12.3. The van der Waals surface area contributed by atoms with Gasteiger partial charge in [-0.1, -0.05) is 29.3 Å². The van der Waals surface area contributed by atoms with Crippen molar-refractivity contribution in [3.63, 3.8) is 0 Å². The second kappa shape index (κ2) is 11.4. The number of carbonyl (C=O) groups is 1. The molecule has 2 aromatic rings. The monoisotopic (exact) mass is 593 g/mol. The molecule has 1 aromatic carbocycles. The van der Waals surface area contributed by atoms with E-state index in [0.717, 1.165) is 24.1 Å². The molecular formula is C24H28Cl2F3N5O3S. The van der Waals surface area contributed by atoms with E-state index in [1.54, 1.807) is 21.9 Å². The van der Waals surface area contributed by atoms with Gasteiger partial charge in [-0.3, -0.25) is 0 Å². The predicted octanol–water partition coefficient (Wildman–Crippen LogP) is 4.62. The molecule has 2 amide bonds. The number of nitrogens with zero attached hydrogens (tertiary/aromatic N) is 4. The third-order valence-electron chi connectivity index (χ3n) is 6.97. The summed E-state index contributed by atoms with van der Waals surface area (Å²) >= 11 is 12.4. The van der Waals surface area contributed by atoms with Gasteiger partial charge >= 0.3 is 12.2 Å². The van der Waals surface area contributed by atoms with E-state index in [9.17, 15) is 26.4 Å². The number of hydrogen-bond acceptors (Lipinski definition) is 5. The molecule has 1 aromatic heterocycles. The van der Waals surface area contributed by atoms with Crippen molar-refractivity contribution in [2.24, 2.45) is 5.92 Å². The summed E-state index contributed by atoms with van der Waals surface area (Å²) in [6.07, 6.45) is -1.87. The number of aromatic nitrogens is 1. The van der Waals surface area contributed by atoms with Crippen LogP contribution in [0.2, 0.25) is 10.0 Å². The number of nitrogens with one attached hydrogen (secondary N) is 1. The summed E-state index contributed by atoms with van der Waals surface area (Å²) in [6, 6.07) is 7.52. The van der Waals surface area contributed by atoms with Crippen molar-refractivity contribution in [1.29, 1.82) is 0 Å². The number of anilines is 1. The molecule has 14 heteroatoms. The third kappa shape index (κ3) is 6.83. The average molecular weight is 594 g/mol. The summed E-state index contributed by atoms with van der Waals surface area (Å²) in [7, 11) is -3.31. The Morgan fingerprint density at radius 1 is 1.05 bits per heavy atom. The number of halogens is 5. The van der Waals surface area contributed by atoms with E-state index in [4.69, 9.17) is 23.2 Å². The Labute approximate surface area is 229 Å². The maximum absolute atomic E-state index is 13.3. The number of likely N-dealkylation sites (tertiary alicyclic amines) is 1. The lowest BCUT2D eigenvalue weighted by atomic mass is 9.87. The number of hydrogen-bond donors (Lipinski definition) is 1. The van der Waals surface area contributed by atoms with Crippen LogP contribution in [-0.4, -0.2) is 85.6 Å². The summed E-state index contributed by atoms with van der Waals surface area (Å²) < 4.78 is 63.4. The Balaban J connectivity index is 1.43. The molecule has 208 valence electrons. The molecule has 0 radical (unpaired) electrons. The van der Waals surface area contributed by atoms with E-state index >= 15 is 0 Å². The summed E-state index contributed by atoms with van der Waals surface area (Å²) in [5, 5.41) is 3.91. The molecule has 4 rings (SSSR count). The fourth-order valence-electron chi connectivity index (χ4n) is 4.90. The Kier molecular flexibility index (Phi) is 8.65. The van der Waals surface area contributed by atoms with E-state index in [0.29, 0.717) is 55.0 Å². The highest BCUT2D eigenvalue weighted by molar-refractivity contribution is 7.88. The molecule has 2 fully saturated rings. The number of piperazine rings is 1. The van der Waals surface area contributed by atoms with Gasteiger partial charge in [0.25, 0.3) is 0 Å². The van der Waals surface area contributed by atoms with Crippen molar-refractivity contribution < 1.29 is 26.4 Å². The van der Waals surface area contributed by atoms with Crippen molar-refractivity contribution in [3.8, 4) is 0 Å². The summed E-state index contributed by atoms with van der Waals surface area (Å²) in [6.45, 7) is 2.49. The number of sulfonamides is 1. The highest BCUT2D eigenvalue weighted by Gasteiger charge is 2.38. The molecule has 0 saturated carbocycles. The predicted molar refractivity (Wildman–Crippen MR) is 140 cm³/mol. The lowest BCUT2D eigenvalue weighted by molar-refractivity contribution is -0.137. The maximum Gasteiger partial charge on any atom is 0.417 e. The van der Waals surface area contributed by atoms with E-state index in [1.807, 2.05) is 6.07 Å². The molecule has 38 heavy (non-hydrogen) atoms. The first-order valence-corrected chi connectivity index (χ1v) is 14.6. The van der Waals surface area contributed by atoms with Crippen LogP contribution in [0.25, 0.3) is 0 Å². The summed E-state index contributed by atoms with van der Waals surface area (Å²) in [4.78, 5) is 20.6. The van der Waals surface area contributed by atoms with Crippen LogP contribution in [0.4, 0.5) is 23.8 Å². The largest absolute Gasteiger partial charge is 0.417 e. The van der Waals surface area contributed by atoms with E-state index in [1.165, 1.54) is 10.4 Å². The zero-order valence-corrected chi connectivity index (χ0v) is 22.9. The molecule has 3 heterocycles. The fourth-order valence-corrected chi connectivity index (χ4v) is 6.04. The van der Waals surface area contributed by atoms with Crippen LogP contribution in [0.1, 0.15) is 23.5 Å². The van der Waals surface area contributed by atoms with Crippen LogP contribution >= 0.6 is 23.2 Å². The average Bonchev–Trinajstić information content (AvgIpc) is 3.29. The molecule has 2 aliphatic rings. The first-order valence-electron chi connectivity index (χ1n) is 12.0. The van der Waals surface area contributed by atoms with Gasteiger partial charge < -0.3 is 15.1 Å². The molecule has 2 atom stereocenters. The van der Waals surface area contributed by atoms with Crippen molar-refractivity contribution in [1.82, 2.24) is 19.1 Å². The van der Waals surface area contributed by atoms with Gasteiger partial charge in [0.05, 0.1) is 21.9 Å². The van der Waals surface area contributed by atoms with Gasteiger partial charge in [-0.25, -0.2) is 18.2 Å². The Hall–Kier alpha value is -2.28. The third-order valence-corrected chi connectivity index (χ3v) is 9.02. The Morgan fingerprint density at radius 2 is 1.76 bits per heavy atom. The van der Waals surface area contributed by atoms with Crippen molar-refractivity contribution in [2.75, 3.05) is 57.4 Å². The highest BCUT2D eigenvalue weighted by atomic mass is 35.5. The Morgan fingerprint density at radius 3 is 2.34 bits per heavy atom. The molecule has 0 aliphatic carbocycles. The molecule has 2 saturated heterocycles. The minimum Gasteiger partial charge on any atom is -0.370 e. The molecule has 2 aliphatic heterocycles. The first-order chi connectivity index (χ1) is 17.8. The van der Waals surface area contributed by atoms with Crippen LogP contribution in [0.5, 0.6) is 0 Å². The summed E-state index contributed by atoms with van der Waals surface area (Å²) in [5.74, 6) is 0.336. The van der Waals surface area contributed by atoms with Crippen molar-refractivity contribution in [3.05, 3.63) is 57.7 Å². The molecule has 1 N–H and O–H groups in total. The molecule has 0 spiro atoms. The number of urea groups is 1. The maximum atomic E-state index is 13.3. The number of carbonyl (C=O) groups excluding carboxylic acids is 1. The molecule has 0 unspecified atom stereocenters. The minimum atomic E-state index is -4.45. The highest BCUT2D eigenvalue weighted by Crippen LogP contribution is 2.38. The van der Waals surface area contributed by atoms with E-state index < -0.39 is 21.8 Å². The summed E-state index contributed by atoms with van der Waals surface area (Å²) in [5.41, 5.74) is 0.124. The Bertz CT molecular complexity index is 1260. The van der Waals surface area contributed by atoms with Crippen LogP contribution < -0.4 is 5.32 Å². The lowest BCUT2D eigenvalue weighted by Gasteiger charge is -2.35. The van der Waals surface area contributed by atoms with Crippen LogP contribution in [-0.2, 0) is 16.2 Å². The van der Waals surface area contributed by atoms with Gasteiger partial charge in [0.1, 0.15) is 5.82 Å². The van der Waals surface area contributed by atoms with Gasteiger partial charge in [0.2, 0.25) is 10.0 Å². The topological polar surface area (TPSA) is 85.9 Å². The first kappa shape index (κ1) is 28.7. The number of amides is 2. The van der Waals surface area contributed by atoms with E-state index in [-0.39, 0.29) is 31.0 Å². The van der Waals surface area contributed by atoms with Gasteiger partial charge in [0.15, 0.2) is 0 Å². The molecular weight excluding hydrogens is 566 g/mol. The smallest absolute Gasteiger partial charge is 0.370 e. The van der Waals surface area contributed by atoms with Crippen molar-refractivity contribution >= 4 is 45.1 Å².